The predicted octanol–water partition coefficient (Wildman–Crippen LogP) is 2.60. The van der Waals surface area contributed by atoms with Crippen molar-refractivity contribution < 1.29 is 9.32 Å². The molecule has 4 rings (SSSR count). The van der Waals surface area contributed by atoms with Gasteiger partial charge in [0.1, 0.15) is 0 Å². The lowest BCUT2D eigenvalue weighted by molar-refractivity contribution is -0.118. The van der Waals surface area contributed by atoms with E-state index in [2.05, 4.69) is 20.4 Å². The van der Waals surface area contributed by atoms with Gasteiger partial charge in [-0.1, -0.05) is 17.3 Å². The van der Waals surface area contributed by atoms with Crippen molar-refractivity contribution in [3.63, 3.8) is 0 Å². The van der Waals surface area contributed by atoms with Crippen LogP contribution in [0.2, 0.25) is 0 Å². The number of hydrogen-bond acceptors (Lipinski definition) is 5. The normalized spacial score (nSPS) is 18.4. The third-order valence-corrected chi connectivity index (χ3v) is 4.95. The van der Waals surface area contributed by atoms with E-state index in [-0.39, 0.29) is 11.8 Å². The molecule has 1 saturated carbocycles. The van der Waals surface area contributed by atoms with E-state index in [0.29, 0.717) is 12.5 Å². The van der Waals surface area contributed by atoms with E-state index in [0.717, 1.165) is 36.1 Å². The minimum absolute atomic E-state index is 0.0198. The molecule has 126 valence electrons. The molecular formula is C18H22N4O2. The number of hydrogen-bond donors (Lipinski definition) is 1. The maximum Gasteiger partial charge on any atom is 0.238 e. The molecule has 2 aromatic rings. The quantitative estimate of drug-likeness (QED) is 0.914. The summed E-state index contributed by atoms with van der Waals surface area (Å²) in [5.74, 6) is 2.38. The molecule has 1 aliphatic carbocycles. The van der Waals surface area contributed by atoms with E-state index in [1.165, 1.54) is 18.4 Å². The monoisotopic (exact) mass is 326 g/mol. The summed E-state index contributed by atoms with van der Waals surface area (Å²) in [6.45, 7) is 6.06. The van der Waals surface area contributed by atoms with Gasteiger partial charge in [-0.25, -0.2) is 0 Å². The molecule has 2 heterocycles. The van der Waals surface area contributed by atoms with Gasteiger partial charge >= 0.3 is 0 Å². The minimum Gasteiger partial charge on any atom is -0.339 e. The molecule has 1 N–H and O–H groups in total. The van der Waals surface area contributed by atoms with Crippen molar-refractivity contribution in [2.45, 2.75) is 38.5 Å². The molecule has 1 saturated heterocycles. The Balaban J connectivity index is 1.28. The minimum atomic E-state index is 0.0198. The van der Waals surface area contributed by atoms with Crippen LogP contribution in [0.15, 0.2) is 22.7 Å². The number of nitrogens with zero attached hydrogens (tertiary/aromatic N) is 3. The van der Waals surface area contributed by atoms with Crippen LogP contribution in [-0.4, -0.2) is 40.6 Å². The van der Waals surface area contributed by atoms with Crippen molar-refractivity contribution >= 4 is 11.6 Å². The van der Waals surface area contributed by atoms with Gasteiger partial charge in [0.25, 0.3) is 0 Å². The van der Waals surface area contributed by atoms with Gasteiger partial charge in [-0.05, 0) is 43.9 Å². The van der Waals surface area contributed by atoms with Gasteiger partial charge in [0.15, 0.2) is 5.82 Å². The number of nitrogens with one attached hydrogen (secondary N) is 1. The highest BCUT2D eigenvalue weighted by Gasteiger charge is 2.35. The van der Waals surface area contributed by atoms with Crippen LogP contribution in [-0.2, 0) is 4.79 Å². The molecule has 2 fully saturated rings. The lowest BCUT2D eigenvalue weighted by Gasteiger charge is -2.36. The van der Waals surface area contributed by atoms with Gasteiger partial charge in [0, 0.05) is 24.7 Å². The zero-order valence-electron chi connectivity index (χ0n) is 14.1. The van der Waals surface area contributed by atoms with Crippen molar-refractivity contribution in [1.29, 1.82) is 0 Å². The average molecular weight is 326 g/mol. The number of carbonyl (C=O) groups is 1. The first-order chi connectivity index (χ1) is 11.6. The summed E-state index contributed by atoms with van der Waals surface area (Å²) in [7, 11) is 0. The van der Waals surface area contributed by atoms with Gasteiger partial charge in [-0.15, -0.1) is 0 Å². The molecule has 24 heavy (non-hydrogen) atoms. The predicted molar refractivity (Wildman–Crippen MR) is 90.0 cm³/mol. The van der Waals surface area contributed by atoms with Gasteiger partial charge in [0.05, 0.1) is 12.5 Å². The summed E-state index contributed by atoms with van der Waals surface area (Å²) < 4.78 is 5.36. The Morgan fingerprint density at radius 2 is 2.08 bits per heavy atom. The fourth-order valence-corrected chi connectivity index (χ4v) is 3.05. The van der Waals surface area contributed by atoms with Crippen LogP contribution in [0.5, 0.6) is 0 Å². The largest absolute Gasteiger partial charge is 0.339 e. The second-order valence-corrected chi connectivity index (χ2v) is 6.95. The van der Waals surface area contributed by atoms with Crippen molar-refractivity contribution in [3.05, 3.63) is 41.0 Å². The zero-order chi connectivity index (χ0) is 16.7. The number of amides is 1. The number of likely N-dealkylation sites (tertiary alicyclic amines) is 1. The number of carbonyl (C=O) groups excluding carboxylic acids is 1. The Morgan fingerprint density at radius 1 is 1.29 bits per heavy atom. The summed E-state index contributed by atoms with van der Waals surface area (Å²) in [6, 6.07) is 5.95. The van der Waals surface area contributed by atoms with Crippen LogP contribution in [0.25, 0.3) is 0 Å². The first kappa shape index (κ1) is 15.3. The van der Waals surface area contributed by atoms with E-state index in [4.69, 9.17) is 4.52 Å². The summed E-state index contributed by atoms with van der Waals surface area (Å²) in [4.78, 5) is 18.8. The molecule has 1 amide bonds. The zero-order valence-corrected chi connectivity index (χ0v) is 14.1. The number of aromatic nitrogens is 2. The van der Waals surface area contributed by atoms with Gasteiger partial charge in [0.2, 0.25) is 11.8 Å². The Hall–Kier alpha value is -2.21. The third kappa shape index (κ3) is 3.06. The van der Waals surface area contributed by atoms with Crippen molar-refractivity contribution in [2.24, 2.45) is 0 Å². The smallest absolute Gasteiger partial charge is 0.238 e. The van der Waals surface area contributed by atoms with Crippen LogP contribution >= 0.6 is 0 Å². The fraction of sp³-hybridized carbons (Fsp3) is 0.500. The van der Waals surface area contributed by atoms with E-state index < -0.39 is 0 Å². The first-order valence-corrected chi connectivity index (χ1v) is 8.52. The van der Waals surface area contributed by atoms with Crippen molar-refractivity contribution in [2.75, 3.05) is 25.0 Å². The molecular weight excluding hydrogens is 304 g/mol. The number of rotatable bonds is 5. The highest BCUT2D eigenvalue weighted by Crippen LogP contribution is 2.39. The van der Waals surface area contributed by atoms with Gasteiger partial charge in [-0.2, -0.15) is 4.98 Å². The van der Waals surface area contributed by atoms with E-state index in [1.807, 2.05) is 32.0 Å². The van der Waals surface area contributed by atoms with Crippen LogP contribution in [0.3, 0.4) is 0 Å². The highest BCUT2D eigenvalue weighted by molar-refractivity contribution is 5.93. The van der Waals surface area contributed by atoms with Crippen LogP contribution in [0.4, 0.5) is 5.69 Å². The average Bonchev–Trinajstić information content (AvgIpc) is 3.26. The summed E-state index contributed by atoms with van der Waals surface area (Å²) in [6.07, 6.45) is 2.35. The Kier molecular flexibility index (Phi) is 3.84. The summed E-state index contributed by atoms with van der Waals surface area (Å²) in [5, 5.41) is 7.06. The van der Waals surface area contributed by atoms with Crippen LogP contribution < -0.4 is 5.32 Å². The van der Waals surface area contributed by atoms with Gasteiger partial charge < -0.3 is 9.84 Å². The first-order valence-electron chi connectivity index (χ1n) is 8.52. The second kappa shape index (κ2) is 6.02. The molecule has 0 spiro atoms. The summed E-state index contributed by atoms with van der Waals surface area (Å²) in [5.41, 5.74) is 3.19. The van der Waals surface area contributed by atoms with Crippen LogP contribution in [0.1, 0.15) is 47.5 Å². The molecule has 2 aliphatic rings. The second-order valence-electron chi connectivity index (χ2n) is 6.95. The van der Waals surface area contributed by atoms with Crippen LogP contribution in [0, 0.1) is 13.8 Å². The number of aryl methyl sites for hydroxylation is 1. The molecule has 0 radical (unpaired) electrons. The fourth-order valence-electron chi connectivity index (χ4n) is 3.05. The SMILES string of the molecule is Cc1cccc(NC(=O)CN2CC(c3nc(C4CC4)no3)C2)c1C. The topological polar surface area (TPSA) is 71.3 Å². The molecule has 1 aromatic carbocycles. The molecule has 0 atom stereocenters. The standard InChI is InChI=1S/C18H22N4O2/c1-11-4-3-5-15(12(11)2)19-16(23)10-22-8-14(9-22)18-20-17(21-24-18)13-6-7-13/h3-5,13-14H,6-10H2,1-2H3,(H,19,23). The highest BCUT2D eigenvalue weighted by atomic mass is 16.5. The van der Waals surface area contributed by atoms with E-state index in [9.17, 15) is 4.79 Å². The molecule has 1 aliphatic heterocycles. The van der Waals surface area contributed by atoms with Crippen molar-refractivity contribution in [3.8, 4) is 0 Å². The molecule has 6 nitrogen and oxygen atoms in total. The maximum absolute atomic E-state index is 12.2. The molecule has 0 unspecified atom stereocenters. The molecule has 6 heteroatoms. The third-order valence-electron chi connectivity index (χ3n) is 4.95. The Labute approximate surface area is 141 Å². The Bertz CT molecular complexity index is 760. The maximum atomic E-state index is 12.2. The van der Waals surface area contributed by atoms with Crippen molar-refractivity contribution in [1.82, 2.24) is 15.0 Å². The van der Waals surface area contributed by atoms with Gasteiger partial charge in [-0.3, -0.25) is 9.69 Å². The molecule has 0 bridgehead atoms. The molecule has 1 aromatic heterocycles. The lowest BCUT2D eigenvalue weighted by atomic mass is 10.0. The van der Waals surface area contributed by atoms with E-state index in [1.54, 1.807) is 0 Å². The summed E-state index contributed by atoms with van der Waals surface area (Å²) >= 11 is 0. The van der Waals surface area contributed by atoms with E-state index >= 15 is 0 Å². The Morgan fingerprint density at radius 3 is 2.83 bits per heavy atom. The lowest BCUT2D eigenvalue weighted by Crippen LogP contribution is -2.48. The number of anilines is 1. The number of benzene rings is 1.